The summed E-state index contributed by atoms with van der Waals surface area (Å²) in [5.41, 5.74) is -0.433. The molecule has 0 saturated heterocycles. The Morgan fingerprint density at radius 1 is 0.760 bits per heavy atom. The molecule has 0 amide bonds. The molecule has 25 heavy (non-hydrogen) atoms. The summed E-state index contributed by atoms with van der Waals surface area (Å²) in [7, 11) is 0. The van der Waals surface area contributed by atoms with Crippen molar-refractivity contribution < 1.29 is 18.9 Å². The van der Waals surface area contributed by atoms with E-state index in [2.05, 4.69) is 42.3 Å². The number of rotatable bonds is 15. The second-order valence-electron chi connectivity index (χ2n) is 5.65. The number of ether oxygens (including phenoxy) is 4. The fourth-order valence-electron chi connectivity index (χ4n) is 2.09. The van der Waals surface area contributed by atoms with Crippen LogP contribution in [0.3, 0.4) is 0 Å². The number of benzene rings is 1. The Hall–Kier alpha value is -1.15. The van der Waals surface area contributed by atoms with E-state index in [1.54, 1.807) is 18.2 Å². The molecule has 0 aliphatic heterocycles. The predicted octanol–water partition coefficient (Wildman–Crippen LogP) is 4.26. The van der Waals surface area contributed by atoms with Crippen LogP contribution in [0.4, 0.5) is 0 Å². The molecule has 0 saturated carbocycles. The standard InChI is InChI=1S/C20H27IO4/c1-4-11-22-14-20(15-23-12-5-2,16-24-13-6-3)17-25-19-9-7-18(21)8-10-19/h4-10H,1-3,11-17H2. The van der Waals surface area contributed by atoms with E-state index >= 15 is 0 Å². The number of hydrogen-bond acceptors (Lipinski definition) is 4. The Balaban J connectivity index is 2.80. The molecule has 0 aliphatic rings. The Morgan fingerprint density at radius 3 is 1.60 bits per heavy atom. The van der Waals surface area contributed by atoms with Gasteiger partial charge in [-0.3, -0.25) is 0 Å². The summed E-state index contributed by atoms with van der Waals surface area (Å²) in [6.07, 6.45) is 5.17. The second kappa shape index (κ2) is 13.1. The van der Waals surface area contributed by atoms with E-state index in [4.69, 9.17) is 18.9 Å². The topological polar surface area (TPSA) is 36.9 Å². The van der Waals surface area contributed by atoms with Gasteiger partial charge in [-0.05, 0) is 46.9 Å². The molecule has 0 unspecified atom stereocenters. The molecular weight excluding hydrogens is 431 g/mol. The van der Waals surface area contributed by atoms with Crippen LogP contribution >= 0.6 is 22.6 Å². The molecule has 0 spiro atoms. The monoisotopic (exact) mass is 458 g/mol. The molecular formula is C20H27IO4. The van der Waals surface area contributed by atoms with E-state index in [1.807, 2.05) is 24.3 Å². The van der Waals surface area contributed by atoms with Crippen LogP contribution in [0, 0.1) is 8.99 Å². The fourth-order valence-corrected chi connectivity index (χ4v) is 2.45. The first-order valence-electron chi connectivity index (χ1n) is 8.10. The average Bonchev–Trinajstić information content (AvgIpc) is 2.62. The zero-order valence-electron chi connectivity index (χ0n) is 14.6. The molecule has 5 heteroatoms. The first-order valence-corrected chi connectivity index (χ1v) is 9.18. The molecule has 0 fully saturated rings. The minimum Gasteiger partial charge on any atom is -0.493 e. The van der Waals surface area contributed by atoms with Crippen LogP contribution < -0.4 is 4.74 Å². The highest BCUT2D eigenvalue weighted by Crippen LogP contribution is 2.23. The van der Waals surface area contributed by atoms with Crippen molar-refractivity contribution in [3.8, 4) is 5.75 Å². The third-order valence-corrected chi connectivity index (χ3v) is 4.01. The first-order chi connectivity index (χ1) is 12.2. The van der Waals surface area contributed by atoms with E-state index in [1.165, 1.54) is 0 Å². The summed E-state index contributed by atoms with van der Waals surface area (Å²) >= 11 is 2.26. The highest BCUT2D eigenvalue weighted by Gasteiger charge is 2.33. The summed E-state index contributed by atoms with van der Waals surface area (Å²) < 4.78 is 24.3. The molecule has 0 N–H and O–H groups in total. The van der Waals surface area contributed by atoms with E-state index < -0.39 is 5.41 Å². The lowest BCUT2D eigenvalue weighted by molar-refractivity contribution is -0.0772. The van der Waals surface area contributed by atoms with Crippen LogP contribution in [0.25, 0.3) is 0 Å². The molecule has 0 atom stereocenters. The van der Waals surface area contributed by atoms with E-state index in [-0.39, 0.29) is 0 Å². The molecule has 0 aromatic heterocycles. The summed E-state index contributed by atoms with van der Waals surface area (Å²) in [6, 6.07) is 7.92. The van der Waals surface area contributed by atoms with Crippen LogP contribution in [-0.2, 0) is 14.2 Å². The lowest BCUT2D eigenvalue weighted by Crippen LogP contribution is -2.42. The van der Waals surface area contributed by atoms with Gasteiger partial charge in [0.15, 0.2) is 0 Å². The van der Waals surface area contributed by atoms with Crippen molar-refractivity contribution in [2.75, 3.05) is 46.2 Å². The molecule has 0 aliphatic carbocycles. The predicted molar refractivity (Wildman–Crippen MR) is 110 cm³/mol. The van der Waals surface area contributed by atoms with Gasteiger partial charge in [-0.15, -0.1) is 19.7 Å². The normalized spacial score (nSPS) is 11.1. The van der Waals surface area contributed by atoms with Crippen molar-refractivity contribution in [2.45, 2.75) is 0 Å². The fraction of sp³-hybridized carbons (Fsp3) is 0.400. The third-order valence-electron chi connectivity index (χ3n) is 3.29. The van der Waals surface area contributed by atoms with E-state index in [0.29, 0.717) is 46.2 Å². The lowest BCUT2D eigenvalue weighted by atomic mass is 9.92. The van der Waals surface area contributed by atoms with E-state index in [0.717, 1.165) is 9.32 Å². The van der Waals surface area contributed by atoms with Gasteiger partial charge in [0.05, 0.1) is 45.1 Å². The number of hydrogen-bond donors (Lipinski definition) is 0. The number of halogens is 1. The Labute approximate surface area is 164 Å². The van der Waals surface area contributed by atoms with Gasteiger partial charge in [0.1, 0.15) is 12.4 Å². The first kappa shape index (κ1) is 21.9. The van der Waals surface area contributed by atoms with Gasteiger partial charge < -0.3 is 18.9 Å². The summed E-state index contributed by atoms with van der Waals surface area (Å²) in [5.74, 6) is 0.806. The highest BCUT2D eigenvalue weighted by atomic mass is 127. The molecule has 0 bridgehead atoms. The van der Waals surface area contributed by atoms with Gasteiger partial charge in [0.2, 0.25) is 0 Å². The summed E-state index contributed by atoms with van der Waals surface area (Å²) in [5, 5.41) is 0. The van der Waals surface area contributed by atoms with Gasteiger partial charge in [0, 0.05) is 3.57 Å². The zero-order chi connectivity index (χ0) is 18.4. The zero-order valence-corrected chi connectivity index (χ0v) is 16.8. The molecule has 4 nitrogen and oxygen atoms in total. The van der Waals surface area contributed by atoms with Gasteiger partial charge in [0.25, 0.3) is 0 Å². The molecule has 0 radical (unpaired) electrons. The second-order valence-corrected chi connectivity index (χ2v) is 6.90. The Bertz CT molecular complexity index is 477. The lowest BCUT2D eigenvalue weighted by Gasteiger charge is -2.32. The van der Waals surface area contributed by atoms with Crippen LogP contribution in [0.15, 0.2) is 62.2 Å². The highest BCUT2D eigenvalue weighted by molar-refractivity contribution is 14.1. The van der Waals surface area contributed by atoms with Gasteiger partial charge in [-0.25, -0.2) is 0 Å². The van der Waals surface area contributed by atoms with Crippen LogP contribution in [-0.4, -0.2) is 46.2 Å². The Kier molecular flexibility index (Phi) is 11.5. The molecule has 1 aromatic carbocycles. The molecule has 1 aromatic rings. The maximum atomic E-state index is 6.00. The van der Waals surface area contributed by atoms with Crippen molar-refractivity contribution in [2.24, 2.45) is 5.41 Å². The average molecular weight is 458 g/mol. The Morgan fingerprint density at radius 2 is 1.20 bits per heavy atom. The quantitative estimate of drug-likeness (QED) is 0.224. The SMILES string of the molecule is C=CCOCC(COCC=C)(COCC=C)COc1ccc(I)cc1. The molecule has 1 rings (SSSR count). The summed E-state index contributed by atoms with van der Waals surface area (Å²) in [6.45, 7) is 14.2. The molecule has 0 heterocycles. The third kappa shape index (κ3) is 9.21. The minimum atomic E-state index is -0.433. The van der Waals surface area contributed by atoms with E-state index in [9.17, 15) is 0 Å². The van der Waals surface area contributed by atoms with Crippen molar-refractivity contribution in [1.82, 2.24) is 0 Å². The van der Waals surface area contributed by atoms with Gasteiger partial charge in [-0.2, -0.15) is 0 Å². The van der Waals surface area contributed by atoms with Crippen LogP contribution in [0.5, 0.6) is 5.75 Å². The smallest absolute Gasteiger partial charge is 0.119 e. The van der Waals surface area contributed by atoms with Crippen molar-refractivity contribution in [1.29, 1.82) is 0 Å². The van der Waals surface area contributed by atoms with Gasteiger partial charge in [-0.1, -0.05) is 18.2 Å². The minimum absolute atomic E-state index is 0.416. The van der Waals surface area contributed by atoms with Crippen LogP contribution in [0.1, 0.15) is 0 Å². The van der Waals surface area contributed by atoms with Crippen molar-refractivity contribution in [3.63, 3.8) is 0 Å². The summed E-state index contributed by atoms with van der Waals surface area (Å²) in [4.78, 5) is 0. The molecule has 138 valence electrons. The van der Waals surface area contributed by atoms with Crippen LogP contribution in [0.2, 0.25) is 0 Å². The van der Waals surface area contributed by atoms with Crippen molar-refractivity contribution >= 4 is 22.6 Å². The maximum absolute atomic E-state index is 6.00. The van der Waals surface area contributed by atoms with Crippen molar-refractivity contribution in [3.05, 3.63) is 65.8 Å². The van der Waals surface area contributed by atoms with Gasteiger partial charge >= 0.3 is 0 Å². The largest absolute Gasteiger partial charge is 0.493 e. The maximum Gasteiger partial charge on any atom is 0.119 e.